The molecule has 0 saturated heterocycles. The van der Waals surface area contributed by atoms with Crippen LogP contribution in [0.1, 0.15) is 38.5 Å². The first kappa shape index (κ1) is 24.0. The van der Waals surface area contributed by atoms with E-state index in [4.69, 9.17) is 9.47 Å². The predicted octanol–water partition coefficient (Wildman–Crippen LogP) is 3.61. The number of benzene rings is 1. The van der Waals surface area contributed by atoms with Gasteiger partial charge in [-0.2, -0.15) is 0 Å². The maximum atomic E-state index is 12.7. The Hall–Kier alpha value is -2.32. The zero-order valence-corrected chi connectivity index (χ0v) is 18.7. The van der Waals surface area contributed by atoms with Gasteiger partial charge in [0, 0.05) is 19.0 Å². The van der Waals surface area contributed by atoms with Gasteiger partial charge in [-0.15, -0.1) is 0 Å². The van der Waals surface area contributed by atoms with E-state index in [-0.39, 0.29) is 16.8 Å². The number of carbonyl (C=O) groups is 1. The average molecular weight is 438 g/mol. The molecule has 0 bridgehead atoms. The van der Waals surface area contributed by atoms with Crippen LogP contribution in [0.2, 0.25) is 0 Å². The molecular formula is C22H31NO6S. The van der Waals surface area contributed by atoms with Crippen molar-refractivity contribution in [2.45, 2.75) is 43.4 Å². The van der Waals surface area contributed by atoms with Crippen LogP contribution in [0.15, 0.2) is 46.9 Å². The third-order valence-corrected chi connectivity index (χ3v) is 6.55. The average Bonchev–Trinajstić information content (AvgIpc) is 3.21. The summed E-state index contributed by atoms with van der Waals surface area (Å²) in [6.45, 7) is 0.360. The number of esters is 1. The van der Waals surface area contributed by atoms with E-state index in [0.717, 1.165) is 32.1 Å². The summed E-state index contributed by atoms with van der Waals surface area (Å²) in [5.74, 6) is 0.846. The van der Waals surface area contributed by atoms with Crippen molar-refractivity contribution in [2.24, 2.45) is 5.92 Å². The van der Waals surface area contributed by atoms with Crippen LogP contribution in [0.3, 0.4) is 0 Å². The second-order valence-corrected chi connectivity index (χ2v) is 8.83. The van der Waals surface area contributed by atoms with Gasteiger partial charge in [-0.05, 0) is 50.2 Å². The van der Waals surface area contributed by atoms with E-state index in [9.17, 15) is 13.2 Å². The highest BCUT2D eigenvalue weighted by Gasteiger charge is 2.22. The van der Waals surface area contributed by atoms with Gasteiger partial charge < -0.3 is 14.2 Å². The lowest BCUT2D eigenvalue weighted by molar-refractivity contribution is -0.140. The lowest BCUT2D eigenvalue weighted by atomic mass is 9.99. The molecule has 1 aliphatic rings. The van der Waals surface area contributed by atoms with Gasteiger partial charge in [0.2, 0.25) is 10.0 Å². The summed E-state index contributed by atoms with van der Waals surface area (Å²) in [5.41, 5.74) is 1.24. The highest BCUT2D eigenvalue weighted by Crippen LogP contribution is 2.31. The van der Waals surface area contributed by atoms with Crippen molar-refractivity contribution < 1.29 is 27.4 Å². The van der Waals surface area contributed by atoms with Gasteiger partial charge in [-0.1, -0.05) is 23.8 Å². The minimum atomic E-state index is -3.65. The van der Waals surface area contributed by atoms with Crippen LogP contribution in [0.25, 0.3) is 0 Å². The molecule has 0 saturated carbocycles. The minimum Gasteiger partial charge on any atom is -0.493 e. The number of hydrogen-bond donors (Lipinski definition) is 1. The Morgan fingerprint density at radius 1 is 1.17 bits per heavy atom. The Morgan fingerprint density at radius 3 is 2.63 bits per heavy atom. The van der Waals surface area contributed by atoms with E-state index in [1.807, 2.05) is 0 Å². The smallest absolute Gasteiger partial charge is 0.305 e. The number of unbranched alkanes of at least 4 members (excludes halogenated alkanes) is 1. The molecule has 166 valence electrons. The third-order valence-electron chi connectivity index (χ3n) is 5.13. The largest absolute Gasteiger partial charge is 0.493 e. The molecule has 0 heterocycles. The molecular weight excluding hydrogens is 406 g/mol. The first-order valence-corrected chi connectivity index (χ1v) is 11.5. The Labute approximate surface area is 179 Å². The number of carbonyl (C=O) groups excluding carboxylic acids is 1. The van der Waals surface area contributed by atoms with Crippen molar-refractivity contribution in [3.63, 3.8) is 0 Å². The van der Waals surface area contributed by atoms with E-state index in [0.29, 0.717) is 24.5 Å². The zero-order valence-electron chi connectivity index (χ0n) is 17.8. The number of nitrogens with one attached hydrogen (secondary N) is 1. The van der Waals surface area contributed by atoms with Crippen LogP contribution in [-0.4, -0.2) is 42.3 Å². The van der Waals surface area contributed by atoms with Crippen LogP contribution in [-0.2, 0) is 19.6 Å². The van der Waals surface area contributed by atoms with Crippen molar-refractivity contribution in [1.82, 2.24) is 4.72 Å². The second-order valence-electron chi connectivity index (χ2n) is 7.07. The molecule has 8 heteroatoms. The standard InChI is InChI=1S/C22H31NO6S/c1-27-20-14-13-19(15-21(20)28-2)30(25,26)23-16-18-11-8-10-17(18)9-6-4-5-7-12-22(24)29-3/h4,6,10,13-15,18,23H,5,7-9,11-12,16H2,1-3H3/b6-4-/t18-/m1/s1. The molecule has 1 N–H and O–H groups in total. The van der Waals surface area contributed by atoms with E-state index in [1.165, 1.54) is 39.0 Å². The van der Waals surface area contributed by atoms with Gasteiger partial charge in [0.1, 0.15) is 0 Å². The van der Waals surface area contributed by atoms with E-state index in [2.05, 4.69) is 27.7 Å². The monoisotopic (exact) mass is 437 g/mol. The Morgan fingerprint density at radius 2 is 1.93 bits per heavy atom. The van der Waals surface area contributed by atoms with Gasteiger partial charge in [0.25, 0.3) is 0 Å². The number of methoxy groups -OCH3 is 3. The van der Waals surface area contributed by atoms with Gasteiger partial charge in [-0.25, -0.2) is 13.1 Å². The molecule has 0 radical (unpaired) electrons. The molecule has 1 aromatic carbocycles. The summed E-state index contributed by atoms with van der Waals surface area (Å²) in [5, 5.41) is 0. The van der Waals surface area contributed by atoms with Crippen LogP contribution in [0.4, 0.5) is 0 Å². The molecule has 0 spiro atoms. The van der Waals surface area contributed by atoms with Crippen LogP contribution < -0.4 is 14.2 Å². The summed E-state index contributed by atoms with van der Waals surface area (Å²) in [6.07, 6.45) is 11.0. The molecule has 1 atom stereocenters. The maximum absolute atomic E-state index is 12.7. The molecule has 0 fully saturated rings. The minimum absolute atomic E-state index is 0.147. The fourth-order valence-corrected chi connectivity index (χ4v) is 4.48. The van der Waals surface area contributed by atoms with E-state index >= 15 is 0 Å². The Bertz CT molecular complexity index is 876. The van der Waals surface area contributed by atoms with Gasteiger partial charge in [-0.3, -0.25) is 4.79 Å². The van der Waals surface area contributed by atoms with Crippen molar-refractivity contribution in [1.29, 1.82) is 0 Å². The molecule has 1 aliphatic carbocycles. The second kappa shape index (κ2) is 11.8. The summed E-state index contributed by atoms with van der Waals surface area (Å²) < 4.78 is 43.1. The molecule has 30 heavy (non-hydrogen) atoms. The first-order chi connectivity index (χ1) is 14.4. The first-order valence-electron chi connectivity index (χ1n) is 10.0. The maximum Gasteiger partial charge on any atom is 0.305 e. The van der Waals surface area contributed by atoms with E-state index in [1.54, 1.807) is 6.07 Å². The Balaban J connectivity index is 1.87. The van der Waals surface area contributed by atoms with Crippen molar-refractivity contribution >= 4 is 16.0 Å². The molecule has 0 amide bonds. The van der Waals surface area contributed by atoms with E-state index < -0.39 is 10.0 Å². The quantitative estimate of drug-likeness (QED) is 0.305. The molecule has 0 aromatic heterocycles. The van der Waals surface area contributed by atoms with Crippen LogP contribution >= 0.6 is 0 Å². The summed E-state index contributed by atoms with van der Waals surface area (Å²) >= 11 is 0. The van der Waals surface area contributed by atoms with Crippen molar-refractivity contribution in [2.75, 3.05) is 27.9 Å². The third kappa shape index (κ3) is 6.88. The highest BCUT2D eigenvalue weighted by atomic mass is 32.2. The Kier molecular flexibility index (Phi) is 9.39. The fraction of sp³-hybridized carbons (Fsp3) is 0.500. The van der Waals surface area contributed by atoms with Crippen molar-refractivity contribution in [3.8, 4) is 11.5 Å². The lowest BCUT2D eigenvalue weighted by Crippen LogP contribution is -2.29. The normalized spacial score (nSPS) is 16.5. The lowest BCUT2D eigenvalue weighted by Gasteiger charge is -2.16. The zero-order chi connectivity index (χ0) is 22.0. The highest BCUT2D eigenvalue weighted by molar-refractivity contribution is 7.89. The summed E-state index contributed by atoms with van der Waals surface area (Å²) in [7, 11) is 0.725. The van der Waals surface area contributed by atoms with Crippen molar-refractivity contribution in [3.05, 3.63) is 42.0 Å². The summed E-state index contributed by atoms with van der Waals surface area (Å²) in [6, 6.07) is 4.55. The van der Waals surface area contributed by atoms with Gasteiger partial charge >= 0.3 is 5.97 Å². The number of allylic oxidation sites excluding steroid dienone is 3. The molecule has 7 nitrogen and oxygen atoms in total. The van der Waals surface area contributed by atoms with Crippen LogP contribution in [0, 0.1) is 5.92 Å². The number of rotatable bonds is 12. The van der Waals surface area contributed by atoms with Crippen LogP contribution in [0.5, 0.6) is 11.5 Å². The molecule has 1 aromatic rings. The topological polar surface area (TPSA) is 90.9 Å². The van der Waals surface area contributed by atoms with Gasteiger partial charge in [0.15, 0.2) is 11.5 Å². The number of sulfonamides is 1. The molecule has 2 rings (SSSR count). The number of ether oxygens (including phenoxy) is 3. The van der Waals surface area contributed by atoms with Gasteiger partial charge in [0.05, 0.1) is 26.2 Å². The molecule has 0 aliphatic heterocycles. The molecule has 0 unspecified atom stereocenters. The fourth-order valence-electron chi connectivity index (χ4n) is 3.39. The number of hydrogen-bond acceptors (Lipinski definition) is 6. The summed E-state index contributed by atoms with van der Waals surface area (Å²) in [4.78, 5) is 11.2. The SMILES string of the molecule is COC(=O)CCC/C=C\CC1=CCC[C@@H]1CNS(=O)(=O)c1ccc(OC)c(OC)c1. The predicted molar refractivity (Wildman–Crippen MR) is 115 cm³/mol.